The Kier molecular flexibility index (Phi) is 7.39. The van der Waals surface area contributed by atoms with E-state index in [1.54, 1.807) is 0 Å². The fourth-order valence-electron chi connectivity index (χ4n) is 2.86. The van der Waals surface area contributed by atoms with Crippen LogP contribution in [-0.2, 0) is 4.79 Å². The molecule has 112 valence electrons. The summed E-state index contributed by atoms with van der Waals surface area (Å²) in [6.07, 6.45) is 5.99. The van der Waals surface area contributed by atoms with Crippen LogP contribution < -0.4 is 5.73 Å². The molecule has 19 heavy (non-hydrogen) atoms. The molecule has 3 atom stereocenters. The van der Waals surface area contributed by atoms with Crippen LogP contribution in [0.2, 0.25) is 0 Å². The highest BCUT2D eigenvalue weighted by Crippen LogP contribution is 2.22. The molecule has 0 radical (unpaired) electrons. The lowest BCUT2D eigenvalue weighted by atomic mass is 9.93. The van der Waals surface area contributed by atoms with E-state index in [-0.39, 0.29) is 24.5 Å². The van der Waals surface area contributed by atoms with Gasteiger partial charge in [-0.25, -0.2) is 0 Å². The van der Waals surface area contributed by atoms with Crippen LogP contribution in [0, 0.1) is 11.8 Å². The van der Waals surface area contributed by atoms with Crippen molar-refractivity contribution in [1.82, 2.24) is 4.90 Å². The van der Waals surface area contributed by atoms with Gasteiger partial charge in [0.15, 0.2) is 0 Å². The van der Waals surface area contributed by atoms with Crippen LogP contribution in [0.5, 0.6) is 0 Å². The number of nitrogens with zero attached hydrogens (tertiary/aromatic N) is 1. The number of carbonyl (C=O) groups excluding carboxylic acids is 1. The molecule has 0 saturated carbocycles. The van der Waals surface area contributed by atoms with Gasteiger partial charge in [-0.1, -0.05) is 13.3 Å². The number of carbonyl (C=O) groups is 1. The number of likely N-dealkylation sites (tertiary alicyclic amines) is 1. The minimum Gasteiger partial charge on any atom is -0.396 e. The summed E-state index contributed by atoms with van der Waals surface area (Å²) in [5.41, 5.74) is 5.73. The SMILES string of the molecule is CC(N)CCCC(C)C(=O)N1CCCC(CCO)C1. The Morgan fingerprint density at radius 1 is 1.42 bits per heavy atom. The summed E-state index contributed by atoms with van der Waals surface area (Å²) in [7, 11) is 0. The van der Waals surface area contributed by atoms with Gasteiger partial charge in [-0.15, -0.1) is 0 Å². The summed E-state index contributed by atoms with van der Waals surface area (Å²) < 4.78 is 0. The fraction of sp³-hybridized carbons (Fsp3) is 0.933. The van der Waals surface area contributed by atoms with Crippen molar-refractivity contribution in [3.63, 3.8) is 0 Å². The first kappa shape index (κ1) is 16.4. The third kappa shape index (κ3) is 5.91. The van der Waals surface area contributed by atoms with Gasteiger partial charge in [-0.3, -0.25) is 4.79 Å². The molecule has 0 aromatic carbocycles. The van der Waals surface area contributed by atoms with Gasteiger partial charge in [0.25, 0.3) is 0 Å². The van der Waals surface area contributed by atoms with Crippen molar-refractivity contribution in [2.45, 2.75) is 58.4 Å². The minimum absolute atomic E-state index is 0.103. The summed E-state index contributed by atoms with van der Waals surface area (Å²) in [4.78, 5) is 14.4. The molecule has 0 aliphatic carbocycles. The second kappa shape index (κ2) is 8.54. The van der Waals surface area contributed by atoms with Crippen molar-refractivity contribution < 1.29 is 9.90 Å². The zero-order valence-electron chi connectivity index (χ0n) is 12.5. The highest BCUT2D eigenvalue weighted by Gasteiger charge is 2.26. The van der Waals surface area contributed by atoms with E-state index in [0.717, 1.165) is 51.6 Å². The van der Waals surface area contributed by atoms with E-state index >= 15 is 0 Å². The predicted molar refractivity (Wildman–Crippen MR) is 77.7 cm³/mol. The normalized spacial score (nSPS) is 23.2. The maximum absolute atomic E-state index is 12.4. The smallest absolute Gasteiger partial charge is 0.225 e. The highest BCUT2D eigenvalue weighted by molar-refractivity contribution is 5.78. The Labute approximate surface area is 117 Å². The van der Waals surface area contributed by atoms with E-state index < -0.39 is 0 Å². The maximum Gasteiger partial charge on any atom is 0.225 e. The van der Waals surface area contributed by atoms with Crippen molar-refractivity contribution >= 4 is 5.91 Å². The average molecular weight is 270 g/mol. The molecular weight excluding hydrogens is 240 g/mol. The number of hydrogen-bond acceptors (Lipinski definition) is 3. The number of hydrogen-bond donors (Lipinski definition) is 2. The molecule has 1 aliphatic heterocycles. The molecule has 0 aromatic rings. The van der Waals surface area contributed by atoms with Crippen LogP contribution in [0.3, 0.4) is 0 Å². The lowest BCUT2D eigenvalue weighted by molar-refractivity contribution is -0.137. The highest BCUT2D eigenvalue weighted by atomic mass is 16.3. The number of aliphatic hydroxyl groups excluding tert-OH is 1. The van der Waals surface area contributed by atoms with Gasteiger partial charge < -0.3 is 15.7 Å². The summed E-state index contributed by atoms with van der Waals surface area (Å²) in [5.74, 6) is 0.873. The molecule has 3 N–H and O–H groups in total. The molecular formula is C15H30N2O2. The summed E-state index contributed by atoms with van der Waals surface area (Å²) in [5, 5.41) is 9.01. The Hall–Kier alpha value is -0.610. The van der Waals surface area contributed by atoms with Gasteiger partial charge in [-0.05, 0) is 44.9 Å². The summed E-state index contributed by atoms with van der Waals surface area (Å²) >= 11 is 0. The first-order valence-corrected chi connectivity index (χ1v) is 7.69. The Bertz CT molecular complexity index is 267. The van der Waals surface area contributed by atoms with Gasteiger partial charge in [0, 0.05) is 31.7 Å². The predicted octanol–water partition coefficient (Wildman–Crippen LogP) is 1.76. The van der Waals surface area contributed by atoms with Crippen molar-refractivity contribution in [1.29, 1.82) is 0 Å². The lowest BCUT2D eigenvalue weighted by Gasteiger charge is -2.34. The van der Waals surface area contributed by atoms with E-state index in [1.165, 1.54) is 0 Å². The molecule has 1 rings (SSSR count). The van der Waals surface area contributed by atoms with Gasteiger partial charge >= 0.3 is 0 Å². The topological polar surface area (TPSA) is 66.6 Å². The van der Waals surface area contributed by atoms with Crippen LogP contribution in [0.1, 0.15) is 52.4 Å². The van der Waals surface area contributed by atoms with Crippen LogP contribution in [0.25, 0.3) is 0 Å². The minimum atomic E-state index is 0.103. The van der Waals surface area contributed by atoms with Crippen LogP contribution in [-0.4, -0.2) is 41.7 Å². The standard InChI is InChI=1S/C15H30N2O2/c1-12(5-3-6-13(2)16)15(19)17-9-4-7-14(11-17)8-10-18/h12-14,18H,3-11,16H2,1-2H3. The lowest BCUT2D eigenvalue weighted by Crippen LogP contribution is -2.42. The molecule has 0 spiro atoms. The molecule has 4 nitrogen and oxygen atoms in total. The molecule has 4 heteroatoms. The molecule has 1 aliphatic rings. The van der Waals surface area contributed by atoms with Crippen molar-refractivity contribution in [3.8, 4) is 0 Å². The van der Waals surface area contributed by atoms with E-state index in [0.29, 0.717) is 5.92 Å². The van der Waals surface area contributed by atoms with E-state index in [1.807, 2.05) is 18.7 Å². The van der Waals surface area contributed by atoms with Gasteiger partial charge in [0.2, 0.25) is 5.91 Å². The third-order valence-corrected chi connectivity index (χ3v) is 4.09. The monoisotopic (exact) mass is 270 g/mol. The Balaban J connectivity index is 2.34. The second-order valence-electron chi connectivity index (χ2n) is 6.11. The van der Waals surface area contributed by atoms with Crippen molar-refractivity contribution in [2.24, 2.45) is 17.6 Å². The van der Waals surface area contributed by atoms with Gasteiger partial charge in [0.1, 0.15) is 0 Å². The maximum atomic E-state index is 12.4. The van der Waals surface area contributed by atoms with Gasteiger partial charge in [-0.2, -0.15) is 0 Å². The molecule has 3 unspecified atom stereocenters. The third-order valence-electron chi connectivity index (χ3n) is 4.09. The summed E-state index contributed by atoms with van der Waals surface area (Å²) in [6, 6.07) is 0.228. The fourth-order valence-corrected chi connectivity index (χ4v) is 2.86. The Morgan fingerprint density at radius 3 is 2.79 bits per heavy atom. The molecule has 0 bridgehead atoms. The first-order chi connectivity index (χ1) is 9.04. The van der Waals surface area contributed by atoms with Crippen molar-refractivity contribution in [3.05, 3.63) is 0 Å². The van der Waals surface area contributed by atoms with E-state index in [2.05, 4.69) is 0 Å². The van der Waals surface area contributed by atoms with Crippen LogP contribution >= 0.6 is 0 Å². The number of rotatable bonds is 7. The van der Waals surface area contributed by atoms with E-state index in [9.17, 15) is 4.79 Å². The zero-order chi connectivity index (χ0) is 14.3. The molecule has 0 aromatic heterocycles. The number of nitrogens with two attached hydrogens (primary N) is 1. The van der Waals surface area contributed by atoms with Crippen LogP contribution in [0.4, 0.5) is 0 Å². The second-order valence-corrected chi connectivity index (χ2v) is 6.11. The number of aliphatic hydroxyl groups is 1. The first-order valence-electron chi connectivity index (χ1n) is 7.69. The molecule has 1 saturated heterocycles. The Morgan fingerprint density at radius 2 is 2.16 bits per heavy atom. The average Bonchev–Trinajstić information content (AvgIpc) is 2.38. The van der Waals surface area contributed by atoms with Crippen LogP contribution in [0.15, 0.2) is 0 Å². The van der Waals surface area contributed by atoms with Gasteiger partial charge in [0.05, 0.1) is 0 Å². The zero-order valence-corrected chi connectivity index (χ0v) is 12.5. The largest absolute Gasteiger partial charge is 0.396 e. The molecule has 1 amide bonds. The molecule has 1 fully saturated rings. The number of piperidine rings is 1. The van der Waals surface area contributed by atoms with Crippen molar-refractivity contribution in [2.75, 3.05) is 19.7 Å². The number of amides is 1. The molecule has 1 heterocycles. The van der Waals surface area contributed by atoms with E-state index in [4.69, 9.17) is 10.8 Å². The summed E-state index contributed by atoms with van der Waals surface area (Å²) in [6.45, 7) is 5.99. The quantitative estimate of drug-likeness (QED) is 0.741.